The van der Waals surface area contributed by atoms with Crippen molar-refractivity contribution < 1.29 is 4.79 Å². The lowest BCUT2D eigenvalue weighted by atomic mass is 9.88. The first-order valence-electron chi connectivity index (χ1n) is 10.4. The van der Waals surface area contributed by atoms with E-state index in [0.29, 0.717) is 12.3 Å². The van der Waals surface area contributed by atoms with Crippen molar-refractivity contribution in [2.24, 2.45) is 0 Å². The van der Waals surface area contributed by atoms with E-state index in [1.807, 2.05) is 6.92 Å². The van der Waals surface area contributed by atoms with Crippen LogP contribution in [-0.4, -0.2) is 34.0 Å². The lowest BCUT2D eigenvalue weighted by Gasteiger charge is -2.40. The maximum Gasteiger partial charge on any atom is 0.220 e. The van der Waals surface area contributed by atoms with E-state index in [4.69, 9.17) is 4.98 Å². The summed E-state index contributed by atoms with van der Waals surface area (Å²) in [6, 6.07) is 6.76. The fraction of sp³-hybridized carbons (Fsp3) is 0.591. The fourth-order valence-electron chi connectivity index (χ4n) is 5.00. The normalized spacial score (nSPS) is 21.5. The average Bonchev–Trinajstić information content (AvgIpc) is 3.29. The summed E-state index contributed by atoms with van der Waals surface area (Å²) in [7, 11) is 0. The number of rotatable bonds is 4. The highest BCUT2D eigenvalue weighted by Gasteiger charge is 2.51. The highest BCUT2D eigenvalue weighted by molar-refractivity contribution is 5.90. The molecular weight excluding hydrogens is 336 g/mol. The van der Waals surface area contributed by atoms with Crippen molar-refractivity contribution in [3.8, 4) is 0 Å². The molecule has 1 aliphatic heterocycles. The number of benzene rings is 1. The number of carbonyl (C=O) groups excluding carboxylic acids is 1. The molecule has 0 radical (unpaired) electrons. The van der Waals surface area contributed by atoms with Gasteiger partial charge in [0.1, 0.15) is 12.1 Å². The van der Waals surface area contributed by atoms with Gasteiger partial charge in [-0.05, 0) is 42.9 Å². The molecular formula is C22H30N4O. The van der Waals surface area contributed by atoms with Crippen LogP contribution in [0, 0.1) is 0 Å². The van der Waals surface area contributed by atoms with Gasteiger partial charge in [0.05, 0.1) is 17.1 Å². The van der Waals surface area contributed by atoms with Gasteiger partial charge in [-0.2, -0.15) is 0 Å². The molecule has 4 rings (SSSR count). The number of nitrogens with zero attached hydrogens (tertiary/aromatic N) is 3. The van der Waals surface area contributed by atoms with Gasteiger partial charge in [-0.25, -0.2) is 9.97 Å². The summed E-state index contributed by atoms with van der Waals surface area (Å²) < 4.78 is 0. The zero-order chi connectivity index (χ0) is 19.0. The predicted molar refractivity (Wildman–Crippen MR) is 109 cm³/mol. The number of aromatic nitrogens is 2. The van der Waals surface area contributed by atoms with E-state index in [1.54, 1.807) is 6.33 Å². The van der Waals surface area contributed by atoms with Gasteiger partial charge in [0.2, 0.25) is 5.91 Å². The molecule has 1 N–H and O–H groups in total. The molecule has 1 aromatic carbocycles. The van der Waals surface area contributed by atoms with Crippen molar-refractivity contribution in [2.75, 3.05) is 11.4 Å². The molecule has 2 aliphatic rings. The van der Waals surface area contributed by atoms with Crippen molar-refractivity contribution in [1.29, 1.82) is 0 Å². The highest BCUT2D eigenvalue weighted by atomic mass is 16.1. The zero-order valence-corrected chi connectivity index (χ0v) is 16.7. The van der Waals surface area contributed by atoms with Crippen molar-refractivity contribution in [1.82, 2.24) is 15.3 Å². The largest absolute Gasteiger partial charge is 0.351 e. The van der Waals surface area contributed by atoms with Crippen LogP contribution in [-0.2, 0) is 4.79 Å². The summed E-state index contributed by atoms with van der Waals surface area (Å²) in [4.78, 5) is 23.9. The molecule has 1 saturated carbocycles. The van der Waals surface area contributed by atoms with Crippen LogP contribution in [0.25, 0.3) is 10.9 Å². The maximum atomic E-state index is 12.1. The number of amides is 1. The molecule has 1 saturated heterocycles. The Labute approximate surface area is 161 Å². The molecule has 1 spiro atoms. The number of hydrogen-bond acceptors (Lipinski definition) is 4. The number of hydrogen-bond donors (Lipinski definition) is 1. The Balaban J connectivity index is 1.78. The second-order valence-electron chi connectivity index (χ2n) is 8.35. The van der Waals surface area contributed by atoms with E-state index in [0.717, 1.165) is 42.5 Å². The molecule has 5 nitrogen and oxygen atoms in total. The van der Waals surface area contributed by atoms with Gasteiger partial charge in [0.15, 0.2) is 0 Å². The Morgan fingerprint density at radius 3 is 2.78 bits per heavy atom. The van der Waals surface area contributed by atoms with E-state index in [2.05, 4.69) is 47.2 Å². The molecule has 2 aromatic rings. The molecule has 27 heavy (non-hydrogen) atoms. The summed E-state index contributed by atoms with van der Waals surface area (Å²) in [5.41, 5.74) is 2.31. The van der Waals surface area contributed by atoms with E-state index in [-0.39, 0.29) is 17.5 Å². The van der Waals surface area contributed by atoms with Crippen LogP contribution in [0.2, 0.25) is 0 Å². The first-order chi connectivity index (χ1) is 13.0. The Morgan fingerprint density at radius 1 is 1.30 bits per heavy atom. The molecule has 2 heterocycles. The van der Waals surface area contributed by atoms with E-state index < -0.39 is 0 Å². The maximum absolute atomic E-state index is 12.1. The third-order valence-electron chi connectivity index (χ3n) is 6.51. The SMILES string of the molecule is CCC(=O)NC1CCN(c2ncnc3ccc(C(C)C)cc23)C12CCCC2. The van der Waals surface area contributed by atoms with Gasteiger partial charge in [-0.1, -0.05) is 39.7 Å². The van der Waals surface area contributed by atoms with Gasteiger partial charge < -0.3 is 10.2 Å². The van der Waals surface area contributed by atoms with Crippen LogP contribution in [0.5, 0.6) is 0 Å². The molecule has 0 bridgehead atoms. The quantitative estimate of drug-likeness (QED) is 0.882. The molecule has 1 amide bonds. The van der Waals surface area contributed by atoms with Crippen LogP contribution < -0.4 is 10.2 Å². The first kappa shape index (κ1) is 18.2. The Morgan fingerprint density at radius 2 is 2.07 bits per heavy atom. The van der Waals surface area contributed by atoms with Crippen molar-refractivity contribution in [3.05, 3.63) is 30.1 Å². The van der Waals surface area contributed by atoms with Crippen molar-refractivity contribution in [2.45, 2.75) is 76.8 Å². The molecule has 1 aromatic heterocycles. The van der Waals surface area contributed by atoms with Gasteiger partial charge >= 0.3 is 0 Å². The molecule has 1 unspecified atom stereocenters. The number of carbonyl (C=O) groups is 1. The molecule has 1 aliphatic carbocycles. The van der Waals surface area contributed by atoms with Crippen LogP contribution in [0.1, 0.15) is 70.8 Å². The third kappa shape index (κ3) is 3.07. The van der Waals surface area contributed by atoms with Crippen molar-refractivity contribution in [3.63, 3.8) is 0 Å². The summed E-state index contributed by atoms with van der Waals surface area (Å²) in [5.74, 6) is 1.67. The third-order valence-corrected chi connectivity index (χ3v) is 6.51. The second-order valence-corrected chi connectivity index (χ2v) is 8.35. The van der Waals surface area contributed by atoms with Crippen LogP contribution >= 0.6 is 0 Å². The summed E-state index contributed by atoms with van der Waals surface area (Å²) in [5, 5.41) is 4.45. The predicted octanol–water partition coefficient (Wildman–Crippen LogP) is 4.17. The molecule has 5 heteroatoms. The van der Waals surface area contributed by atoms with E-state index >= 15 is 0 Å². The Kier molecular flexibility index (Phi) is 4.79. The minimum atomic E-state index is -0.0000508. The van der Waals surface area contributed by atoms with Gasteiger partial charge in [0, 0.05) is 18.4 Å². The summed E-state index contributed by atoms with van der Waals surface area (Å²) in [6.07, 6.45) is 7.90. The van der Waals surface area contributed by atoms with Crippen LogP contribution in [0.3, 0.4) is 0 Å². The lowest BCUT2D eigenvalue weighted by Crippen LogP contribution is -2.55. The van der Waals surface area contributed by atoms with Crippen LogP contribution in [0.15, 0.2) is 24.5 Å². The molecule has 2 fully saturated rings. The summed E-state index contributed by atoms with van der Waals surface area (Å²) in [6.45, 7) is 7.30. The van der Waals surface area contributed by atoms with Crippen molar-refractivity contribution >= 4 is 22.6 Å². The minimum Gasteiger partial charge on any atom is -0.351 e. The number of anilines is 1. The topological polar surface area (TPSA) is 58.1 Å². The van der Waals surface area contributed by atoms with Gasteiger partial charge in [0.25, 0.3) is 0 Å². The number of nitrogens with one attached hydrogen (secondary N) is 1. The Hall–Kier alpha value is -2.17. The van der Waals surface area contributed by atoms with Gasteiger partial charge in [-0.15, -0.1) is 0 Å². The number of fused-ring (bicyclic) bond motifs is 1. The Bertz CT molecular complexity index is 841. The molecule has 144 valence electrons. The smallest absolute Gasteiger partial charge is 0.220 e. The lowest BCUT2D eigenvalue weighted by molar-refractivity contribution is -0.121. The average molecular weight is 367 g/mol. The summed E-state index contributed by atoms with van der Waals surface area (Å²) >= 11 is 0. The van der Waals surface area contributed by atoms with Gasteiger partial charge in [-0.3, -0.25) is 4.79 Å². The second kappa shape index (κ2) is 7.10. The monoisotopic (exact) mass is 366 g/mol. The highest BCUT2D eigenvalue weighted by Crippen LogP contribution is 2.46. The van der Waals surface area contributed by atoms with E-state index in [1.165, 1.54) is 18.4 Å². The zero-order valence-electron chi connectivity index (χ0n) is 16.7. The standard InChI is InChI=1S/C22H30N4O/c1-4-20(27)25-19-9-12-26(22(19)10-5-6-11-22)21-17-13-16(15(2)3)7-8-18(17)23-14-24-21/h7-8,13-15,19H,4-6,9-12H2,1-3H3,(H,25,27). The van der Waals surface area contributed by atoms with E-state index in [9.17, 15) is 4.79 Å². The van der Waals surface area contributed by atoms with Crippen LogP contribution in [0.4, 0.5) is 5.82 Å². The minimum absolute atomic E-state index is 0.0000508. The fourth-order valence-corrected chi connectivity index (χ4v) is 5.00. The molecule has 1 atom stereocenters. The first-order valence-corrected chi connectivity index (χ1v) is 10.4.